The van der Waals surface area contributed by atoms with Gasteiger partial charge in [0.05, 0.1) is 6.04 Å². The average Bonchev–Trinajstić information content (AvgIpc) is 3.08. The summed E-state index contributed by atoms with van der Waals surface area (Å²) >= 11 is 0. The first-order valence-corrected chi connectivity index (χ1v) is 8.02. The highest BCUT2D eigenvalue weighted by atomic mass is 15.3. The van der Waals surface area contributed by atoms with Gasteiger partial charge in [-0.2, -0.15) is 5.10 Å². The Morgan fingerprint density at radius 1 is 0.917 bits per heavy atom. The van der Waals surface area contributed by atoms with Gasteiger partial charge >= 0.3 is 0 Å². The van der Waals surface area contributed by atoms with Crippen molar-refractivity contribution in [3.63, 3.8) is 0 Å². The summed E-state index contributed by atoms with van der Waals surface area (Å²) in [5.74, 6) is 0.838. The molecule has 0 amide bonds. The van der Waals surface area contributed by atoms with Crippen LogP contribution in [0.2, 0.25) is 0 Å². The standard InChI is InChI=1S/C20H18N4/c1-15(16-8-4-2-5-9-16)23-20-19-18(17-10-6-3-7-11-17)12-13-24(19)22-14-21-20/h2-15H,1H3,(H,21,22,23). The predicted molar refractivity (Wildman–Crippen MR) is 96.9 cm³/mol. The van der Waals surface area contributed by atoms with Crippen LogP contribution in [0.5, 0.6) is 0 Å². The summed E-state index contributed by atoms with van der Waals surface area (Å²) < 4.78 is 1.87. The molecule has 0 aliphatic rings. The molecule has 1 atom stereocenters. The van der Waals surface area contributed by atoms with Gasteiger partial charge in [0.1, 0.15) is 11.8 Å². The molecule has 4 nitrogen and oxygen atoms in total. The topological polar surface area (TPSA) is 42.2 Å². The minimum atomic E-state index is 0.156. The fraction of sp³-hybridized carbons (Fsp3) is 0.100. The third-order valence-corrected chi connectivity index (χ3v) is 4.19. The molecule has 4 rings (SSSR count). The van der Waals surface area contributed by atoms with E-state index in [0.717, 1.165) is 22.5 Å². The number of hydrogen-bond acceptors (Lipinski definition) is 3. The number of benzene rings is 2. The lowest BCUT2D eigenvalue weighted by Crippen LogP contribution is -2.09. The Morgan fingerprint density at radius 2 is 1.62 bits per heavy atom. The maximum atomic E-state index is 4.49. The molecule has 0 aliphatic heterocycles. The fourth-order valence-corrected chi connectivity index (χ4v) is 2.94. The molecule has 0 radical (unpaired) electrons. The van der Waals surface area contributed by atoms with Crippen LogP contribution in [0.25, 0.3) is 16.6 Å². The molecule has 2 aromatic heterocycles. The summed E-state index contributed by atoms with van der Waals surface area (Å²) in [5, 5.41) is 7.86. The normalized spacial score (nSPS) is 12.2. The van der Waals surface area contributed by atoms with Crippen LogP contribution < -0.4 is 5.32 Å². The zero-order valence-electron chi connectivity index (χ0n) is 13.4. The highest BCUT2D eigenvalue weighted by molar-refractivity contribution is 5.88. The molecule has 2 aromatic carbocycles. The number of hydrogen-bond donors (Lipinski definition) is 1. The Balaban J connectivity index is 1.77. The van der Waals surface area contributed by atoms with Gasteiger partial charge in [-0.15, -0.1) is 0 Å². The van der Waals surface area contributed by atoms with E-state index in [1.165, 1.54) is 5.56 Å². The van der Waals surface area contributed by atoms with Gasteiger partial charge in [0, 0.05) is 11.8 Å². The van der Waals surface area contributed by atoms with Crippen molar-refractivity contribution in [3.05, 3.63) is 84.8 Å². The van der Waals surface area contributed by atoms with Crippen molar-refractivity contribution >= 4 is 11.3 Å². The third-order valence-electron chi connectivity index (χ3n) is 4.19. The molecular formula is C20H18N4. The van der Waals surface area contributed by atoms with Gasteiger partial charge in [0.25, 0.3) is 0 Å². The summed E-state index contributed by atoms with van der Waals surface area (Å²) in [7, 11) is 0. The zero-order valence-corrected chi connectivity index (χ0v) is 13.4. The van der Waals surface area contributed by atoms with Crippen LogP contribution >= 0.6 is 0 Å². The molecule has 0 saturated carbocycles. The molecule has 118 valence electrons. The molecule has 4 aromatic rings. The van der Waals surface area contributed by atoms with E-state index in [9.17, 15) is 0 Å². The van der Waals surface area contributed by atoms with Gasteiger partial charge in [-0.25, -0.2) is 9.50 Å². The van der Waals surface area contributed by atoms with E-state index in [1.807, 2.05) is 35.0 Å². The van der Waals surface area contributed by atoms with Crippen LogP contribution in [0.15, 0.2) is 79.3 Å². The maximum absolute atomic E-state index is 4.49. The lowest BCUT2D eigenvalue weighted by atomic mass is 10.1. The Bertz CT molecular complexity index is 945. The number of nitrogens with zero attached hydrogens (tertiary/aromatic N) is 3. The Hall–Kier alpha value is -3.14. The van der Waals surface area contributed by atoms with Crippen LogP contribution in [0.1, 0.15) is 18.5 Å². The monoisotopic (exact) mass is 314 g/mol. The summed E-state index contributed by atoms with van der Waals surface area (Å²) in [5.41, 5.74) is 4.50. The van der Waals surface area contributed by atoms with E-state index in [4.69, 9.17) is 0 Å². The van der Waals surface area contributed by atoms with Crippen molar-refractivity contribution in [1.82, 2.24) is 14.6 Å². The lowest BCUT2D eigenvalue weighted by molar-refractivity contribution is 0.851. The van der Waals surface area contributed by atoms with Gasteiger partial charge < -0.3 is 5.32 Å². The van der Waals surface area contributed by atoms with Crippen LogP contribution in [0.3, 0.4) is 0 Å². The molecule has 1 N–H and O–H groups in total. The number of anilines is 1. The Labute approximate surface area is 140 Å². The van der Waals surface area contributed by atoms with E-state index in [1.54, 1.807) is 6.33 Å². The van der Waals surface area contributed by atoms with Crippen molar-refractivity contribution in [2.45, 2.75) is 13.0 Å². The van der Waals surface area contributed by atoms with Crippen LogP contribution in [0.4, 0.5) is 5.82 Å². The number of nitrogens with one attached hydrogen (secondary N) is 1. The van der Waals surface area contributed by atoms with Crippen LogP contribution in [-0.2, 0) is 0 Å². The number of rotatable bonds is 4. The number of fused-ring (bicyclic) bond motifs is 1. The van der Waals surface area contributed by atoms with E-state index in [-0.39, 0.29) is 6.04 Å². The Morgan fingerprint density at radius 3 is 2.38 bits per heavy atom. The summed E-state index contributed by atoms with van der Waals surface area (Å²) in [4.78, 5) is 4.49. The second kappa shape index (κ2) is 6.16. The lowest BCUT2D eigenvalue weighted by Gasteiger charge is -2.16. The quantitative estimate of drug-likeness (QED) is 0.600. The minimum Gasteiger partial charge on any atom is -0.362 e. The molecule has 0 aliphatic carbocycles. The van der Waals surface area contributed by atoms with Crippen molar-refractivity contribution in [2.75, 3.05) is 5.32 Å². The molecule has 0 bridgehead atoms. The molecule has 0 spiro atoms. The van der Waals surface area contributed by atoms with E-state index < -0.39 is 0 Å². The summed E-state index contributed by atoms with van der Waals surface area (Å²) in [6.45, 7) is 2.14. The van der Waals surface area contributed by atoms with Crippen molar-refractivity contribution < 1.29 is 0 Å². The van der Waals surface area contributed by atoms with Gasteiger partial charge in [0.2, 0.25) is 0 Å². The number of aromatic nitrogens is 3. The average molecular weight is 314 g/mol. The first-order chi connectivity index (χ1) is 11.8. The molecular weight excluding hydrogens is 296 g/mol. The van der Waals surface area contributed by atoms with Crippen LogP contribution in [-0.4, -0.2) is 14.6 Å². The third kappa shape index (κ3) is 2.63. The Kier molecular flexibility index (Phi) is 3.71. The molecule has 2 heterocycles. The van der Waals surface area contributed by atoms with Crippen LogP contribution in [0, 0.1) is 0 Å². The maximum Gasteiger partial charge on any atom is 0.155 e. The molecule has 4 heteroatoms. The zero-order chi connectivity index (χ0) is 16.4. The highest BCUT2D eigenvalue weighted by Gasteiger charge is 2.14. The fourth-order valence-electron chi connectivity index (χ4n) is 2.94. The summed E-state index contributed by atoms with van der Waals surface area (Å²) in [6, 6.07) is 22.9. The van der Waals surface area contributed by atoms with Crippen molar-refractivity contribution in [1.29, 1.82) is 0 Å². The van der Waals surface area contributed by atoms with E-state index in [2.05, 4.69) is 64.8 Å². The first-order valence-electron chi connectivity index (χ1n) is 8.02. The summed E-state index contributed by atoms with van der Waals surface area (Å²) in [6.07, 6.45) is 3.56. The van der Waals surface area contributed by atoms with Crippen molar-refractivity contribution in [2.24, 2.45) is 0 Å². The second-order valence-corrected chi connectivity index (χ2v) is 5.77. The second-order valence-electron chi connectivity index (χ2n) is 5.77. The van der Waals surface area contributed by atoms with Gasteiger partial charge in [-0.3, -0.25) is 0 Å². The molecule has 0 fully saturated rings. The largest absolute Gasteiger partial charge is 0.362 e. The van der Waals surface area contributed by atoms with Gasteiger partial charge in [0.15, 0.2) is 5.82 Å². The first kappa shape index (κ1) is 14.5. The highest BCUT2D eigenvalue weighted by Crippen LogP contribution is 2.30. The van der Waals surface area contributed by atoms with Gasteiger partial charge in [-0.05, 0) is 24.1 Å². The minimum absolute atomic E-state index is 0.156. The van der Waals surface area contributed by atoms with Crippen molar-refractivity contribution in [3.8, 4) is 11.1 Å². The molecule has 0 saturated heterocycles. The smallest absolute Gasteiger partial charge is 0.155 e. The molecule has 1 unspecified atom stereocenters. The predicted octanol–water partition coefficient (Wildman–Crippen LogP) is 4.57. The van der Waals surface area contributed by atoms with E-state index >= 15 is 0 Å². The van der Waals surface area contributed by atoms with E-state index in [0.29, 0.717) is 0 Å². The SMILES string of the molecule is CC(Nc1ncnn2ccc(-c3ccccc3)c12)c1ccccc1. The van der Waals surface area contributed by atoms with Gasteiger partial charge in [-0.1, -0.05) is 60.7 Å². The molecule has 24 heavy (non-hydrogen) atoms.